The molecule has 1 aromatic rings. The summed E-state index contributed by atoms with van der Waals surface area (Å²) in [6.07, 6.45) is 3.48. The Kier molecular flexibility index (Phi) is 3.96. The van der Waals surface area contributed by atoms with E-state index in [-0.39, 0.29) is 6.03 Å². The van der Waals surface area contributed by atoms with Gasteiger partial charge in [-0.2, -0.15) is 0 Å². The fourth-order valence-corrected chi connectivity index (χ4v) is 2.07. The van der Waals surface area contributed by atoms with Crippen LogP contribution in [0.3, 0.4) is 0 Å². The lowest BCUT2D eigenvalue weighted by atomic mass is 10.1. The highest BCUT2D eigenvalue weighted by Crippen LogP contribution is 2.08. The van der Waals surface area contributed by atoms with Gasteiger partial charge in [0, 0.05) is 18.8 Å². The molecule has 0 aliphatic carbocycles. The number of aromatic nitrogens is 1. The van der Waals surface area contributed by atoms with Gasteiger partial charge in [0.2, 0.25) is 0 Å². The van der Waals surface area contributed by atoms with Crippen molar-refractivity contribution in [2.45, 2.75) is 32.7 Å². The van der Waals surface area contributed by atoms with Gasteiger partial charge in [0.05, 0.1) is 12.2 Å². The van der Waals surface area contributed by atoms with E-state index in [4.69, 9.17) is 0 Å². The van der Waals surface area contributed by atoms with Gasteiger partial charge >= 0.3 is 6.03 Å². The minimum atomic E-state index is 0.0352. The Hall–Kier alpha value is -1.58. The van der Waals surface area contributed by atoms with Crippen molar-refractivity contribution >= 4 is 6.03 Å². The van der Waals surface area contributed by atoms with Crippen LogP contribution < -0.4 is 5.32 Å². The zero-order valence-corrected chi connectivity index (χ0v) is 10.3. The minimum absolute atomic E-state index is 0.0352. The van der Waals surface area contributed by atoms with Gasteiger partial charge in [-0.05, 0) is 38.3 Å². The van der Waals surface area contributed by atoms with Crippen LogP contribution >= 0.6 is 0 Å². The average molecular weight is 233 g/mol. The van der Waals surface area contributed by atoms with Crippen molar-refractivity contribution in [3.05, 3.63) is 29.6 Å². The molecular formula is C13H19N3O. The molecule has 0 radical (unpaired) electrons. The highest BCUT2D eigenvalue weighted by molar-refractivity contribution is 5.74. The number of carbonyl (C=O) groups excluding carboxylic acids is 1. The Morgan fingerprint density at radius 2 is 2.12 bits per heavy atom. The molecule has 1 aliphatic heterocycles. The van der Waals surface area contributed by atoms with Crippen LogP contribution in [0.4, 0.5) is 4.79 Å². The molecule has 0 unspecified atom stereocenters. The molecule has 2 heterocycles. The molecule has 2 rings (SSSR count). The summed E-state index contributed by atoms with van der Waals surface area (Å²) >= 11 is 0. The molecule has 1 aliphatic rings. The van der Waals surface area contributed by atoms with Crippen LogP contribution in [0.25, 0.3) is 0 Å². The number of carbonyl (C=O) groups is 1. The average Bonchev–Trinajstić information content (AvgIpc) is 2.37. The summed E-state index contributed by atoms with van der Waals surface area (Å²) in [6, 6.07) is 5.89. The van der Waals surface area contributed by atoms with Gasteiger partial charge in [0.1, 0.15) is 0 Å². The first-order valence-corrected chi connectivity index (χ1v) is 6.21. The summed E-state index contributed by atoms with van der Waals surface area (Å²) in [5.41, 5.74) is 1.89. The van der Waals surface area contributed by atoms with E-state index in [1.165, 1.54) is 6.42 Å². The first-order valence-electron chi connectivity index (χ1n) is 6.21. The number of aryl methyl sites for hydroxylation is 1. The number of hydrogen-bond acceptors (Lipinski definition) is 2. The minimum Gasteiger partial charge on any atom is -0.332 e. The molecule has 17 heavy (non-hydrogen) atoms. The zero-order chi connectivity index (χ0) is 12.1. The third kappa shape index (κ3) is 3.44. The van der Waals surface area contributed by atoms with Crippen molar-refractivity contribution in [1.82, 2.24) is 15.2 Å². The first kappa shape index (κ1) is 11.9. The first-order chi connectivity index (χ1) is 8.25. The van der Waals surface area contributed by atoms with E-state index in [1.807, 2.05) is 30.0 Å². The lowest BCUT2D eigenvalue weighted by Crippen LogP contribution is -2.42. The standard InChI is InChI=1S/C13H19N3O/c1-11-6-5-7-12(15-11)10-14-13(17)16-8-3-2-4-9-16/h5-7H,2-4,8-10H2,1H3,(H,14,17). The summed E-state index contributed by atoms with van der Waals surface area (Å²) in [7, 11) is 0. The van der Waals surface area contributed by atoms with Crippen LogP contribution in [0.15, 0.2) is 18.2 Å². The molecule has 1 aromatic heterocycles. The lowest BCUT2D eigenvalue weighted by Gasteiger charge is -2.26. The van der Waals surface area contributed by atoms with E-state index >= 15 is 0 Å². The van der Waals surface area contributed by atoms with Crippen molar-refractivity contribution in [2.75, 3.05) is 13.1 Å². The van der Waals surface area contributed by atoms with Crippen LogP contribution in [0.5, 0.6) is 0 Å². The molecule has 0 aromatic carbocycles. The molecule has 0 atom stereocenters. The third-order valence-corrected chi connectivity index (χ3v) is 3.01. The normalized spacial score (nSPS) is 15.7. The Balaban J connectivity index is 1.83. The Morgan fingerprint density at radius 3 is 2.82 bits per heavy atom. The number of nitrogens with zero attached hydrogens (tertiary/aromatic N) is 2. The predicted octanol–water partition coefficient (Wildman–Crippen LogP) is 2.09. The second-order valence-electron chi connectivity index (χ2n) is 4.48. The molecule has 0 spiro atoms. The van der Waals surface area contributed by atoms with Crippen LogP contribution in [0.2, 0.25) is 0 Å². The molecule has 4 nitrogen and oxygen atoms in total. The molecule has 1 fully saturated rings. The van der Waals surface area contributed by atoms with Gasteiger partial charge in [-0.1, -0.05) is 6.07 Å². The number of piperidine rings is 1. The summed E-state index contributed by atoms with van der Waals surface area (Å²) in [6.45, 7) is 4.23. The van der Waals surface area contributed by atoms with Crippen molar-refractivity contribution in [1.29, 1.82) is 0 Å². The van der Waals surface area contributed by atoms with E-state index in [2.05, 4.69) is 10.3 Å². The molecule has 1 saturated heterocycles. The van der Waals surface area contributed by atoms with Gasteiger partial charge in [-0.25, -0.2) is 4.79 Å². The Bertz CT molecular complexity index is 386. The number of hydrogen-bond donors (Lipinski definition) is 1. The molecule has 4 heteroatoms. The summed E-state index contributed by atoms with van der Waals surface area (Å²) in [5, 5.41) is 2.92. The molecular weight excluding hydrogens is 214 g/mol. The second kappa shape index (κ2) is 5.66. The topological polar surface area (TPSA) is 45.2 Å². The van der Waals surface area contributed by atoms with Crippen LogP contribution in [0.1, 0.15) is 30.7 Å². The van der Waals surface area contributed by atoms with Crippen LogP contribution in [-0.4, -0.2) is 29.0 Å². The van der Waals surface area contributed by atoms with Crippen molar-refractivity contribution in [2.24, 2.45) is 0 Å². The second-order valence-corrected chi connectivity index (χ2v) is 4.48. The largest absolute Gasteiger partial charge is 0.332 e. The van der Waals surface area contributed by atoms with Gasteiger partial charge in [-0.3, -0.25) is 4.98 Å². The Morgan fingerprint density at radius 1 is 1.35 bits per heavy atom. The van der Waals surface area contributed by atoms with E-state index in [9.17, 15) is 4.79 Å². The number of pyridine rings is 1. The van der Waals surface area contributed by atoms with Gasteiger partial charge in [0.25, 0.3) is 0 Å². The zero-order valence-electron chi connectivity index (χ0n) is 10.3. The fourth-order valence-electron chi connectivity index (χ4n) is 2.07. The maximum atomic E-state index is 11.8. The number of likely N-dealkylation sites (tertiary alicyclic amines) is 1. The molecule has 92 valence electrons. The lowest BCUT2D eigenvalue weighted by molar-refractivity contribution is 0.186. The highest BCUT2D eigenvalue weighted by Gasteiger charge is 2.15. The highest BCUT2D eigenvalue weighted by atomic mass is 16.2. The third-order valence-electron chi connectivity index (χ3n) is 3.01. The summed E-state index contributed by atoms with van der Waals surface area (Å²) < 4.78 is 0. The summed E-state index contributed by atoms with van der Waals surface area (Å²) in [4.78, 5) is 18.1. The molecule has 0 saturated carbocycles. The molecule has 1 N–H and O–H groups in total. The van der Waals surface area contributed by atoms with Crippen molar-refractivity contribution in [3.63, 3.8) is 0 Å². The van der Waals surface area contributed by atoms with Crippen molar-refractivity contribution < 1.29 is 4.79 Å². The number of amides is 2. The van der Waals surface area contributed by atoms with E-state index < -0.39 is 0 Å². The number of urea groups is 1. The van der Waals surface area contributed by atoms with Gasteiger partial charge in [0.15, 0.2) is 0 Å². The maximum absolute atomic E-state index is 11.8. The van der Waals surface area contributed by atoms with Crippen LogP contribution in [-0.2, 0) is 6.54 Å². The van der Waals surface area contributed by atoms with Crippen LogP contribution in [0, 0.1) is 6.92 Å². The van der Waals surface area contributed by atoms with E-state index in [0.29, 0.717) is 6.54 Å². The SMILES string of the molecule is Cc1cccc(CNC(=O)N2CCCCC2)n1. The summed E-state index contributed by atoms with van der Waals surface area (Å²) in [5.74, 6) is 0. The van der Waals surface area contributed by atoms with Crippen molar-refractivity contribution in [3.8, 4) is 0 Å². The monoisotopic (exact) mass is 233 g/mol. The van der Waals surface area contributed by atoms with Gasteiger partial charge < -0.3 is 10.2 Å². The van der Waals surface area contributed by atoms with E-state index in [1.54, 1.807) is 0 Å². The van der Waals surface area contributed by atoms with Gasteiger partial charge in [-0.15, -0.1) is 0 Å². The number of nitrogens with one attached hydrogen (secondary N) is 1. The predicted molar refractivity (Wildman–Crippen MR) is 66.6 cm³/mol. The number of rotatable bonds is 2. The molecule has 0 bridgehead atoms. The Labute approximate surface area is 102 Å². The smallest absolute Gasteiger partial charge is 0.317 e. The fraction of sp³-hybridized carbons (Fsp3) is 0.538. The molecule has 2 amide bonds. The maximum Gasteiger partial charge on any atom is 0.317 e. The van der Waals surface area contributed by atoms with E-state index in [0.717, 1.165) is 37.3 Å². The quantitative estimate of drug-likeness (QED) is 0.850.